The normalized spacial score (nSPS) is 16.0. The molecule has 5 rings (SSSR count). The Kier molecular flexibility index (Phi) is 5.94. The summed E-state index contributed by atoms with van der Waals surface area (Å²) in [5, 5.41) is 7.21. The second kappa shape index (κ2) is 9.07. The van der Waals surface area contributed by atoms with Crippen molar-refractivity contribution in [2.45, 2.75) is 45.1 Å². The number of anilines is 2. The van der Waals surface area contributed by atoms with E-state index in [2.05, 4.69) is 15.4 Å². The van der Waals surface area contributed by atoms with Crippen LogP contribution in [0.3, 0.4) is 0 Å². The molecule has 0 aliphatic carbocycles. The SMILES string of the molecule is CC(C)(C)c1cc(N)n(C(=O)Nc2ccc(-n3cnc4cc(OCC5CCCO5)ccc43)cc2)n1. The van der Waals surface area contributed by atoms with Crippen molar-refractivity contribution in [2.24, 2.45) is 0 Å². The van der Waals surface area contributed by atoms with Gasteiger partial charge in [-0.05, 0) is 49.2 Å². The van der Waals surface area contributed by atoms with E-state index in [0.717, 1.165) is 47.6 Å². The third kappa shape index (κ3) is 4.85. The summed E-state index contributed by atoms with van der Waals surface area (Å²) in [4.78, 5) is 17.2. The first-order chi connectivity index (χ1) is 16.8. The molecule has 9 heteroatoms. The molecule has 4 aromatic rings. The van der Waals surface area contributed by atoms with Gasteiger partial charge in [-0.2, -0.15) is 9.78 Å². The molecule has 1 aliphatic heterocycles. The molecule has 3 N–H and O–H groups in total. The number of carbonyl (C=O) groups excluding carboxylic acids is 1. The Balaban J connectivity index is 1.28. The van der Waals surface area contributed by atoms with Gasteiger partial charge >= 0.3 is 6.03 Å². The molecule has 1 unspecified atom stereocenters. The Bertz CT molecular complexity index is 1340. The molecule has 1 saturated heterocycles. The Morgan fingerprint density at radius 2 is 2.00 bits per heavy atom. The number of carbonyl (C=O) groups is 1. The predicted molar refractivity (Wildman–Crippen MR) is 135 cm³/mol. The molecule has 0 spiro atoms. The molecule has 9 nitrogen and oxygen atoms in total. The number of nitrogens with zero attached hydrogens (tertiary/aromatic N) is 4. The van der Waals surface area contributed by atoms with Crippen molar-refractivity contribution in [3.05, 3.63) is 60.6 Å². The highest BCUT2D eigenvalue weighted by Crippen LogP contribution is 2.25. The van der Waals surface area contributed by atoms with E-state index in [4.69, 9.17) is 15.2 Å². The van der Waals surface area contributed by atoms with E-state index in [-0.39, 0.29) is 11.5 Å². The van der Waals surface area contributed by atoms with Crippen molar-refractivity contribution in [1.82, 2.24) is 19.3 Å². The number of amides is 1. The van der Waals surface area contributed by atoms with Crippen LogP contribution in [0.25, 0.3) is 16.7 Å². The minimum Gasteiger partial charge on any atom is -0.491 e. The minimum absolute atomic E-state index is 0.174. The molecule has 0 radical (unpaired) electrons. The number of benzene rings is 2. The van der Waals surface area contributed by atoms with Crippen molar-refractivity contribution < 1.29 is 14.3 Å². The first kappa shape index (κ1) is 22.9. The Labute approximate surface area is 203 Å². The molecule has 0 saturated carbocycles. The van der Waals surface area contributed by atoms with Gasteiger partial charge in [-0.15, -0.1) is 0 Å². The van der Waals surface area contributed by atoms with Crippen LogP contribution in [-0.2, 0) is 10.2 Å². The van der Waals surface area contributed by atoms with Gasteiger partial charge in [-0.25, -0.2) is 9.78 Å². The highest BCUT2D eigenvalue weighted by atomic mass is 16.5. The number of hydrogen-bond acceptors (Lipinski definition) is 6. The summed E-state index contributed by atoms with van der Waals surface area (Å²) in [6.07, 6.45) is 4.09. The van der Waals surface area contributed by atoms with Crippen LogP contribution in [0.4, 0.5) is 16.3 Å². The molecule has 35 heavy (non-hydrogen) atoms. The number of rotatable bonds is 5. The van der Waals surface area contributed by atoms with Crippen LogP contribution >= 0.6 is 0 Å². The standard InChI is InChI=1S/C26H30N6O3/c1-26(2,3)23-14-24(27)32(30-23)25(33)29-17-6-8-18(9-7-17)31-16-28-21-13-19(10-11-22(21)31)35-15-20-5-4-12-34-20/h6-11,13-14,16,20H,4-5,12,15,27H2,1-3H3,(H,29,33). The number of hydrogen-bond donors (Lipinski definition) is 2. The molecule has 182 valence electrons. The summed E-state index contributed by atoms with van der Waals surface area (Å²) in [6.45, 7) is 7.44. The first-order valence-corrected chi connectivity index (χ1v) is 11.8. The number of imidazole rings is 1. The quantitative estimate of drug-likeness (QED) is 0.432. The van der Waals surface area contributed by atoms with Gasteiger partial charge in [0.1, 0.15) is 24.5 Å². The zero-order valence-corrected chi connectivity index (χ0v) is 20.2. The van der Waals surface area contributed by atoms with E-state index in [9.17, 15) is 4.79 Å². The summed E-state index contributed by atoms with van der Waals surface area (Å²) in [7, 11) is 0. The molecular weight excluding hydrogens is 444 g/mol. The van der Waals surface area contributed by atoms with E-state index in [1.54, 1.807) is 12.4 Å². The van der Waals surface area contributed by atoms with Crippen LogP contribution < -0.4 is 15.8 Å². The van der Waals surface area contributed by atoms with E-state index in [1.807, 2.05) is 67.8 Å². The maximum atomic E-state index is 12.7. The zero-order valence-electron chi connectivity index (χ0n) is 20.2. The van der Waals surface area contributed by atoms with Gasteiger partial charge < -0.3 is 20.5 Å². The number of nitrogens with one attached hydrogen (secondary N) is 1. The second-order valence-corrected chi connectivity index (χ2v) is 9.80. The van der Waals surface area contributed by atoms with Crippen LogP contribution in [0.2, 0.25) is 0 Å². The van der Waals surface area contributed by atoms with Gasteiger partial charge in [0.15, 0.2) is 0 Å². The van der Waals surface area contributed by atoms with Crippen molar-refractivity contribution in [2.75, 3.05) is 24.3 Å². The van der Waals surface area contributed by atoms with E-state index in [0.29, 0.717) is 18.1 Å². The molecule has 2 aromatic carbocycles. The van der Waals surface area contributed by atoms with Gasteiger partial charge in [0.25, 0.3) is 0 Å². The average molecular weight is 475 g/mol. The summed E-state index contributed by atoms with van der Waals surface area (Å²) in [6, 6.07) is 14.7. The van der Waals surface area contributed by atoms with Crippen LogP contribution in [-0.4, -0.2) is 44.7 Å². The molecule has 1 amide bonds. The van der Waals surface area contributed by atoms with Crippen LogP contribution in [0.15, 0.2) is 54.9 Å². The maximum Gasteiger partial charge on any atom is 0.348 e. The van der Waals surface area contributed by atoms with Gasteiger partial charge in [0.05, 0.1) is 22.8 Å². The van der Waals surface area contributed by atoms with Crippen molar-refractivity contribution in [3.8, 4) is 11.4 Å². The number of aromatic nitrogens is 4. The molecule has 1 aliphatic rings. The second-order valence-electron chi connectivity index (χ2n) is 9.80. The Morgan fingerprint density at radius 3 is 2.69 bits per heavy atom. The van der Waals surface area contributed by atoms with Crippen molar-refractivity contribution in [1.29, 1.82) is 0 Å². The Hall–Kier alpha value is -3.85. The van der Waals surface area contributed by atoms with E-state index < -0.39 is 6.03 Å². The summed E-state index contributed by atoms with van der Waals surface area (Å²) in [5.41, 5.74) is 9.93. The lowest BCUT2D eigenvalue weighted by Gasteiger charge is -2.14. The molecule has 1 fully saturated rings. The number of fused-ring (bicyclic) bond motifs is 1. The number of nitrogen functional groups attached to an aromatic ring is 1. The fraction of sp³-hybridized carbons (Fsp3) is 0.346. The van der Waals surface area contributed by atoms with Gasteiger partial charge in [-0.1, -0.05) is 20.8 Å². The highest BCUT2D eigenvalue weighted by Gasteiger charge is 2.21. The fourth-order valence-electron chi connectivity index (χ4n) is 4.06. The summed E-state index contributed by atoms with van der Waals surface area (Å²) < 4.78 is 14.7. The summed E-state index contributed by atoms with van der Waals surface area (Å²) >= 11 is 0. The molecule has 3 heterocycles. The lowest BCUT2D eigenvalue weighted by atomic mass is 9.92. The average Bonchev–Trinajstić information content (AvgIpc) is 3.57. The maximum absolute atomic E-state index is 12.7. The van der Waals surface area contributed by atoms with Gasteiger partial charge in [0, 0.05) is 35.5 Å². The topological polar surface area (TPSA) is 109 Å². The van der Waals surface area contributed by atoms with E-state index in [1.165, 1.54) is 4.68 Å². The molecule has 1 atom stereocenters. The largest absolute Gasteiger partial charge is 0.491 e. The van der Waals surface area contributed by atoms with Crippen molar-refractivity contribution >= 4 is 28.6 Å². The van der Waals surface area contributed by atoms with Crippen LogP contribution in [0, 0.1) is 0 Å². The van der Waals surface area contributed by atoms with Crippen LogP contribution in [0.1, 0.15) is 39.3 Å². The lowest BCUT2D eigenvalue weighted by Crippen LogP contribution is -2.23. The third-order valence-electron chi connectivity index (χ3n) is 6.07. The highest BCUT2D eigenvalue weighted by molar-refractivity contribution is 5.92. The minimum atomic E-state index is -0.408. The predicted octanol–water partition coefficient (Wildman–Crippen LogP) is 4.74. The number of ether oxygens (including phenoxy) is 2. The monoisotopic (exact) mass is 474 g/mol. The molecular formula is C26H30N6O3. The molecule has 0 bridgehead atoms. The van der Waals surface area contributed by atoms with Crippen LogP contribution in [0.5, 0.6) is 5.75 Å². The fourth-order valence-corrected chi connectivity index (χ4v) is 4.06. The third-order valence-corrected chi connectivity index (χ3v) is 6.07. The lowest BCUT2D eigenvalue weighted by molar-refractivity contribution is 0.0680. The zero-order chi connectivity index (χ0) is 24.6. The van der Waals surface area contributed by atoms with Gasteiger partial charge in [-0.3, -0.25) is 4.57 Å². The first-order valence-electron chi connectivity index (χ1n) is 11.8. The van der Waals surface area contributed by atoms with Gasteiger partial charge in [0.2, 0.25) is 0 Å². The van der Waals surface area contributed by atoms with E-state index >= 15 is 0 Å². The Morgan fingerprint density at radius 1 is 1.20 bits per heavy atom. The molecule has 2 aromatic heterocycles. The smallest absolute Gasteiger partial charge is 0.348 e. The number of nitrogens with two attached hydrogens (primary N) is 1. The summed E-state index contributed by atoms with van der Waals surface area (Å²) in [5.74, 6) is 1.08. The van der Waals surface area contributed by atoms with Crippen molar-refractivity contribution in [3.63, 3.8) is 0 Å².